The molecule has 2 aromatic carbocycles. The first kappa shape index (κ1) is 28.0. The van der Waals surface area contributed by atoms with Crippen molar-refractivity contribution in [2.24, 2.45) is 0 Å². The standard InChI is InChI=1S/C28H30FN5O4S3/c1-37-18-8-5-11-21-25(18)33-28(41-21)34(27-32-23-16(29)7-4-10-20(23)40-27)13-6-14-38-22(35)12-3-2-9-19-24-17(15-39-19)30-26(36)31-24/h4-5,7-8,10-11,17,19,24H,2-3,6,9,12-15H2,1H3,(H2,30,31,36)/t17-,19?,24-/m0/s1. The molecule has 0 aliphatic carbocycles. The van der Waals surface area contributed by atoms with E-state index < -0.39 is 0 Å². The lowest BCUT2D eigenvalue weighted by molar-refractivity contribution is -0.143. The number of benzene rings is 2. The number of carbonyl (C=O) groups excluding carboxylic acids is 2. The number of esters is 1. The number of halogens is 1. The van der Waals surface area contributed by atoms with Crippen LogP contribution < -0.4 is 20.3 Å². The van der Waals surface area contributed by atoms with Crippen LogP contribution in [0.1, 0.15) is 32.1 Å². The Labute approximate surface area is 248 Å². The maximum atomic E-state index is 14.4. The van der Waals surface area contributed by atoms with Gasteiger partial charge in [-0.05, 0) is 43.5 Å². The van der Waals surface area contributed by atoms with E-state index in [4.69, 9.17) is 14.5 Å². The average Bonchev–Trinajstić information content (AvgIpc) is 3.74. The Kier molecular flexibility index (Phi) is 8.45. The number of nitrogens with one attached hydrogen (secondary N) is 2. The molecule has 2 N–H and O–H groups in total. The van der Waals surface area contributed by atoms with Gasteiger partial charge in [-0.25, -0.2) is 19.2 Å². The molecule has 0 spiro atoms. The van der Waals surface area contributed by atoms with E-state index in [9.17, 15) is 14.0 Å². The van der Waals surface area contributed by atoms with Gasteiger partial charge >= 0.3 is 12.0 Å². The summed E-state index contributed by atoms with van der Waals surface area (Å²) in [6.07, 6.45) is 3.56. The van der Waals surface area contributed by atoms with E-state index in [-0.39, 0.29) is 36.5 Å². The summed E-state index contributed by atoms with van der Waals surface area (Å²) >= 11 is 4.79. The summed E-state index contributed by atoms with van der Waals surface area (Å²) in [7, 11) is 1.62. The first-order valence-corrected chi connectivity index (χ1v) is 16.3. The van der Waals surface area contributed by atoms with Gasteiger partial charge in [0.25, 0.3) is 0 Å². The summed E-state index contributed by atoms with van der Waals surface area (Å²) in [5.74, 6) is 1.05. The summed E-state index contributed by atoms with van der Waals surface area (Å²) in [5.41, 5.74) is 1.09. The lowest BCUT2D eigenvalue weighted by atomic mass is 10.0. The fourth-order valence-electron chi connectivity index (χ4n) is 5.22. The minimum atomic E-state index is -0.360. The highest BCUT2D eigenvalue weighted by atomic mass is 32.2. The Morgan fingerprint density at radius 3 is 2.59 bits per heavy atom. The number of aromatic nitrogens is 2. The molecule has 0 saturated carbocycles. The highest BCUT2D eigenvalue weighted by Gasteiger charge is 2.42. The number of amides is 2. The fraction of sp³-hybridized carbons (Fsp3) is 0.429. The molecule has 0 bridgehead atoms. The smallest absolute Gasteiger partial charge is 0.315 e. The molecule has 2 aliphatic heterocycles. The number of unbranched alkanes of at least 4 members (excludes halogenated alkanes) is 1. The topological polar surface area (TPSA) is 106 Å². The monoisotopic (exact) mass is 615 g/mol. The van der Waals surface area contributed by atoms with Crippen molar-refractivity contribution in [1.29, 1.82) is 0 Å². The molecule has 1 unspecified atom stereocenters. The second-order valence-electron chi connectivity index (χ2n) is 9.98. The predicted octanol–water partition coefficient (Wildman–Crippen LogP) is 5.85. The number of thiazole rings is 2. The average molecular weight is 616 g/mol. The van der Waals surface area contributed by atoms with Gasteiger partial charge in [0.15, 0.2) is 10.3 Å². The number of ether oxygens (including phenoxy) is 2. The van der Waals surface area contributed by atoms with Gasteiger partial charge in [0.05, 0.1) is 35.2 Å². The summed E-state index contributed by atoms with van der Waals surface area (Å²) in [6.45, 7) is 0.765. The largest absolute Gasteiger partial charge is 0.494 e. The Bertz CT molecular complexity index is 1560. The van der Waals surface area contributed by atoms with Crippen LogP contribution in [0.2, 0.25) is 0 Å². The van der Waals surface area contributed by atoms with E-state index in [1.54, 1.807) is 13.2 Å². The molecular formula is C28H30FN5O4S3. The molecule has 13 heteroatoms. The lowest BCUT2D eigenvalue weighted by Gasteiger charge is -2.18. The van der Waals surface area contributed by atoms with Crippen molar-refractivity contribution < 1.29 is 23.5 Å². The number of anilines is 2. The van der Waals surface area contributed by atoms with Crippen molar-refractivity contribution >= 4 is 77.1 Å². The van der Waals surface area contributed by atoms with Crippen LogP contribution in [0, 0.1) is 5.82 Å². The van der Waals surface area contributed by atoms with Crippen LogP contribution in [0.5, 0.6) is 5.75 Å². The summed E-state index contributed by atoms with van der Waals surface area (Å²) in [4.78, 5) is 35.3. The Hall–Kier alpha value is -3.16. The van der Waals surface area contributed by atoms with Crippen molar-refractivity contribution in [2.45, 2.75) is 49.4 Å². The number of hydrogen-bond acceptors (Lipinski definition) is 10. The van der Waals surface area contributed by atoms with Gasteiger partial charge in [-0.3, -0.25) is 9.69 Å². The van der Waals surface area contributed by atoms with Gasteiger partial charge in [0.2, 0.25) is 0 Å². The quantitative estimate of drug-likeness (QED) is 0.116. The molecule has 2 amide bonds. The molecule has 4 aromatic rings. The molecule has 216 valence electrons. The van der Waals surface area contributed by atoms with Gasteiger partial charge in [0, 0.05) is 24.0 Å². The number of fused-ring (bicyclic) bond motifs is 3. The maximum absolute atomic E-state index is 14.4. The van der Waals surface area contributed by atoms with Crippen molar-refractivity contribution in [3.05, 3.63) is 42.2 Å². The number of carbonyl (C=O) groups is 2. The normalized spacial score (nSPS) is 19.8. The van der Waals surface area contributed by atoms with Gasteiger partial charge in [-0.2, -0.15) is 11.8 Å². The van der Waals surface area contributed by atoms with E-state index in [0.717, 1.165) is 45.1 Å². The molecule has 3 atom stereocenters. The molecular weight excluding hydrogens is 586 g/mol. The first-order chi connectivity index (χ1) is 20.0. The highest BCUT2D eigenvalue weighted by Crippen LogP contribution is 2.40. The van der Waals surface area contributed by atoms with E-state index in [1.807, 2.05) is 40.9 Å². The zero-order chi connectivity index (χ0) is 28.3. The molecule has 2 aromatic heterocycles. The fourth-order valence-corrected chi connectivity index (χ4v) is 8.84. The van der Waals surface area contributed by atoms with Crippen LogP contribution in [0.4, 0.5) is 19.4 Å². The summed E-state index contributed by atoms with van der Waals surface area (Å²) in [5, 5.41) is 7.70. The third-order valence-corrected chi connectivity index (χ3v) is 10.9. The molecule has 0 radical (unpaired) electrons. The van der Waals surface area contributed by atoms with Crippen LogP contribution in [0.3, 0.4) is 0 Å². The number of nitrogens with zero attached hydrogens (tertiary/aromatic N) is 3. The number of thioether (sulfide) groups is 1. The minimum absolute atomic E-state index is 0.0781. The van der Waals surface area contributed by atoms with Crippen LogP contribution in [-0.2, 0) is 9.53 Å². The van der Waals surface area contributed by atoms with Gasteiger partial charge in [-0.1, -0.05) is 41.2 Å². The van der Waals surface area contributed by atoms with E-state index in [0.29, 0.717) is 41.0 Å². The molecule has 41 heavy (non-hydrogen) atoms. The van der Waals surface area contributed by atoms with Crippen molar-refractivity contribution in [1.82, 2.24) is 20.6 Å². The highest BCUT2D eigenvalue weighted by molar-refractivity contribution is 8.00. The number of methoxy groups -OCH3 is 1. The van der Waals surface area contributed by atoms with E-state index in [2.05, 4.69) is 15.6 Å². The zero-order valence-electron chi connectivity index (χ0n) is 22.4. The molecule has 6 rings (SSSR count). The summed E-state index contributed by atoms with van der Waals surface area (Å²) in [6, 6.07) is 11.0. The molecule has 9 nitrogen and oxygen atoms in total. The van der Waals surface area contributed by atoms with Crippen LogP contribution in [0.25, 0.3) is 20.4 Å². The van der Waals surface area contributed by atoms with Crippen LogP contribution >= 0.6 is 34.4 Å². The second-order valence-corrected chi connectivity index (χ2v) is 13.3. The van der Waals surface area contributed by atoms with Crippen molar-refractivity contribution in [2.75, 3.05) is 30.9 Å². The maximum Gasteiger partial charge on any atom is 0.315 e. The molecule has 4 heterocycles. The van der Waals surface area contributed by atoms with Gasteiger partial charge in [0.1, 0.15) is 22.6 Å². The van der Waals surface area contributed by atoms with E-state index in [1.165, 1.54) is 28.7 Å². The Morgan fingerprint density at radius 1 is 1.05 bits per heavy atom. The SMILES string of the molecule is COc1cccc2sc(N(CCCOC(=O)CCCCC3SC[C@@H]4NC(=O)N[C@H]34)c3nc4c(F)cccc4s3)nc12. The third-order valence-electron chi connectivity index (χ3n) is 7.26. The van der Waals surface area contributed by atoms with Crippen molar-refractivity contribution in [3.63, 3.8) is 0 Å². The van der Waals surface area contributed by atoms with Crippen molar-refractivity contribution in [3.8, 4) is 5.75 Å². The number of para-hydroxylation sites is 2. The predicted molar refractivity (Wildman–Crippen MR) is 162 cm³/mol. The molecule has 2 aliphatic rings. The van der Waals surface area contributed by atoms with E-state index >= 15 is 0 Å². The van der Waals surface area contributed by atoms with Crippen LogP contribution in [-0.4, -0.2) is 65.3 Å². The lowest BCUT2D eigenvalue weighted by Crippen LogP contribution is -2.36. The Balaban J connectivity index is 1.04. The van der Waals surface area contributed by atoms with Crippen LogP contribution in [0.15, 0.2) is 36.4 Å². The summed E-state index contributed by atoms with van der Waals surface area (Å²) < 4.78 is 27.2. The Morgan fingerprint density at radius 2 is 1.80 bits per heavy atom. The zero-order valence-corrected chi connectivity index (χ0v) is 24.9. The third kappa shape index (κ3) is 6.07. The van der Waals surface area contributed by atoms with Gasteiger partial charge in [-0.15, -0.1) is 0 Å². The molecule has 2 fully saturated rings. The van der Waals surface area contributed by atoms with Gasteiger partial charge < -0.3 is 20.1 Å². The second kappa shape index (κ2) is 12.4. The molecule has 2 saturated heterocycles. The first-order valence-electron chi connectivity index (χ1n) is 13.6. The number of hydrogen-bond donors (Lipinski definition) is 2. The number of urea groups is 1. The minimum Gasteiger partial charge on any atom is -0.494 e. The number of rotatable bonds is 12.